The highest BCUT2D eigenvalue weighted by molar-refractivity contribution is 5.98. The van der Waals surface area contributed by atoms with Crippen LogP contribution in [0.3, 0.4) is 0 Å². The van der Waals surface area contributed by atoms with Crippen LogP contribution in [0.4, 0.5) is 0 Å². The molecule has 0 heterocycles. The molecule has 1 rings (SSSR count). The first-order valence-corrected chi connectivity index (χ1v) is 22.2. The SMILES string of the molecule is CC[C@H](C)[C@H](N)C(=O)N[C@@H](Cc1ccccc1)C(=O)N[C@@H](CO)C(=O)N[C@@H](CCCCN)C(=O)N[C@@H](C)C(=O)N[C@@H](CO)C(=O)N[C@@H](CC(=O)O)C(=O)N[C@@H](CO)C(=O)N[C@@H](CC(C)C)C(=O)O. The van der Waals surface area contributed by atoms with E-state index in [4.69, 9.17) is 11.5 Å². The van der Waals surface area contributed by atoms with Gasteiger partial charge in [-0.05, 0) is 56.6 Å². The number of hydrogen-bond acceptors (Lipinski definition) is 15. The molecule has 17 N–H and O–H groups in total. The highest BCUT2D eigenvalue weighted by Gasteiger charge is 2.35. The Morgan fingerprint density at radius 3 is 1.43 bits per heavy atom. The van der Waals surface area contributed by atoms with Gasteiger partial charge in [-0.2, -0.15) is 0 Å². The second-order valence-electron chi connectivity index (χ2n) is 16.7. The maximum atomic E-state index is 13.6. The molecule has 0 aliphatic rings. The van der Waals surface area contributed by atoms with Crippen LogP contribution in [0, 0.1) is 11.8 Å². The van der Waals surface area contributed by atoms with Crippen LogP contribution in [0.5, 0.6) is 0 Å². The van der Waals surface area contributed by atoms with Crippen molar-refractivity contribution in [1.29, 1.82) is 0 Å². The summed E-state index contributed by atoms with van der Waals surface area (Å²) < 4.78 is 0. The Morgan fingerprint density at radius 1 is 0.544 bits per heavy atom. The van der Waals surface area contributed by atoms with Gasteiger partial charge in [0.25, 0.3) is 0 Å². The molecule has 0 unspecified atom stereocenters. The molecule has 1 aromatic rings. The molecular formula is C43H70N10O15. The number of hydrogen-bond donors (Lipinski definition) is 15. The van der Waals surface area contributed by atoms with Gasteiger partial charge in [-0.1, -0.05) is 64.4 Å². The van der Waals surface area contributed by atoms with Gasteiger partial charge in [-0.15, -0.1) is 0 Å². The number of carbonyl (C=O) groups is 10. The Hall–Kier alpha value is -6.28. The number of carbonyl (C=O) groups excluding carboxylic acids is 8. The van der Waals surface area contributed by atoms with E-state index in [1.54, 1.807) is 51.1 Å². The predicted octanol–water partition coefficient (Wildman–Crippen LogP) is -4.79. The first-order chi connectivity index (χ1) is 32.0. The summed E-state index contributed by atoms with van der Waals surface area (Å²) in [5.41, 5.74) is 12.4. The number of nitrogens with two attached hydrogens (primary N) is 2. The van der Waals surface area contributed by atoms with Gasteiger partial charge >= 0.3 is 11.9 Å². The summed E-state index contributed by atoms with van der Waals surface area (Å²) in [5.74, 6) is -11.6. The average molecular weight is 967 g/mol. The van der Waals surface area contributed by atoms with E-state index in [-0.39, 0.29) is 44.1 Å². The van der Waals surface area contributed by atoms with Gasteiger partial charge in [0.1, 0.15) is 48.3 Å². The molecule has 0 spiro atoms. The number of amides is 8. The Bertz CT molecular complexity index is 1860. The van der Waals surface area contributed by atoms with Crippen LogP contribution in [0.2, 0.25) is 0 Å². The minimum absolute atomic E-state index is 0.00457. The Kier molecular flexibility index (Phi) is 27.1. The van der Waals surface area contributed by atoms with Gasteiger partial charge in [-0.25, -0.2) is 4.79 Å². The van der Waals surface area contributed by atoms with E-state index in [0.29, 0.717) is 18.4 Å². The van der Waals surface area contributed by atoms with Crippen molar-refractivity contribution in [2.75, 3.05) is 26.4 Å². The zero-order valence-electron chi connectivity index (χ0n) is 39.0. The first kappa shape index (κ1) is 59.7. The van der Waals surface area contributed by atoms with E-state index < -0.39 is 140 Å². The summed E-state index contributed by atoms with van der Waals surface area (Å²) in [7, 11) is 0. The lowest BCUT2D eigenvalue weighted by Gasteiger charge is -2.27. The summed E-state index contributed by atoms with van der Waals surface area (Å²) in [6, 6.07) is -5.02. The number of rotatable bonds is 32. The number of aliphatic hydroxyl groups is 3. The number of nitrogens with one attached hydrogen (secondary N) is 8. The largest absolute Gasteiger partial charge is 0.481 e. The fourth-order valence-electron chi connectivity index (χ4n) is 6.30. The van der Waals surface area contributed by atoms with Crippen molar-refractivity contribution < 1.29 is 73.5 Å². The van der Waals surface area contributed by atoms with Crippen molar-refractivity contribution in [2.24, 2.45) is 23.3 Å². The molecule has 0 aliphatic heterocycles. The monoisotopic (exact) mass is 967 g/mol. The topological polar surface area (TPSA) is 420 Å². The highest BCUT2D eigenvalue weighted by atomic mass is 16.4. The van der Waals surface area contributed by atoms with Crippen LogP contribution < -0.4 is 54.0 Å². The molecule has 0 radical (unpaired) electrons. The third-order valence-corrected chi connectivity index (χ3v) is 10.6. The van der Waals surface area contributed by atoms with Gasteiger partial charge < -0.3 is 79.5 Å². The second-order valence-corrected chi connectivity index (χ2v) is 16.7. The van der Waals surface area contributed by atoms with Crippen molar-refractivity contribution in [2.45, 2.75) is 134 Å². The van der Waals surface area contributed by atoms with E-state index >= 15 is 0 Å². The zero-order valence-corrected chi connectivity index (χ0v) is 39.0. The average Bonchev–Trinajstić information content (AvgIpc) is 3.29. The maximum Gasteiger partial charge on any atom is 0.326 e. The van der Waals surface area contributed by atoms with E-state index in [2.05, 4.69) is 31.9 Å². The van der Waals surface area contributed by atoms with E-state index in [1.807, 2.05) is 17.6 Å². The molecule has 0 aliphatic carbocycles. The Morgan fingerprint density at radius 2 is 0.971 bits per heavy atom. The van der Waals surface area contributed by atoms with Crippen molar-refractivity contribution in [3.05, 3.63) is 35.9 Å². The number of carboxylic acids is 2. The molecule has 382 valence electrons. The molecular weight excluding hydrogens is 897 g/mol. The number of benzene rings is 1. The lowest BCUT2D eigenvalue weighted by Crippen LogP contribution is -2.61. The molecule has 0 saturated heterocycles. The molecule has 10 atom stereocenters. The molecule has 0 aromatic heterocycles. The van der Waals surface area contributed by atoms with Crippen molar-refractivity contribution in [3.8, 4) is 0 Å². The van der Waals surface area contributed by atoms with Crippen molar-refractivity contribution in [3.63, 3.8) is 0 Å². The first-order valence-electron chi connectivity index (χ1n) is 22.2. The van der Waals surface area contributed by atoms with E-state index in [9.17, 15) is 73.5 Å². The molecule has 0 saturated carbocycles. The minimum atomic E-state index is -1.96. The summed E-state index contributed by atoms with van der Waals surface area (Å²) in [4.78, 5) is 129. The number of aliphatic hydroxyl groups excluding tert-OH is 3. The Balaban J connectivity index is 3.14. The van der Waals surface area contributed by atoms with Crippen molar-refractivity contribution in [1.82, 2.24) is 42.5 Å². The predicted molar refractivity (Wildman–Crippen MR) is 242 cm³/mol. The molecule has 1 aromatic carbocycles. The molecule has 68 heavy (non-hydrogen) atoms. The fourth-order valence-corrected chi connectivity index (χ4v) is 6.30. The lowest BCUT2D eigenvalue weighted by atomic mass is 9.98. The highest BCUT2D eigenvalue weighted by Crippen LogP contribution is 2.10. The molecule has 25 nitrogen and oxygen atoms in total. The number of aliphatic carboxylic acids is 2. The van der Waals surface area contributed by atoms with Crippen LogP contribution in [0.15, 0.2) is 30.3 Å². The summed E-state index contributed by atoms with van der Waals surface area (Å²) in [6.07, 6.45) is 0.135. The van der Waals surface area contributed by atoms with Gasteiger partial charge in [0.15, 0.2) is 0 Å². The summed E-state index contributed by atoms with van der Waals surface area (Å²) >= 11 is 0. The van der Waals surface area contributed by atoms with Gasteiger partial charge in [0.2, 0.25) is 47.3 Å². The molecule has 8 amide bonds. The second kappa shape index (κ2) is 30.9. The van der Waals surface area contributed by atoms with Crippen LogP contribution >= 0.6 is 0 Å². The van der Waals surface area contributed by atoms with Gasteiger partial charge in [0.05, 0.1) is 32.3 Å². The number of carboxylic acid groups (broad SMARTS) is 2. The van der Waals surface area contributed by atoms with E-state index in [0.717, 1.165) is 0 Å². The summed E-state index contributed by atoms with van der Waals surface area (Å²) in [5, 5.41) is 67.1. The minimum Gasteiger partial charge on any atom is -0.481 e. The number of unbranched alkanes of at least 4 members (excludes halogenated alkanes) is 1. The van der Waals surface area contributed by atoms with Crippen molar-refractivity contribution >= 4 is 59.2 Å². The maximum absolute atomic E-state index is 13.6. The third kappa shape index (κ3) is 21.1. The standard InChI is InChI=1S/C43H70N10O15/c1-6-23(4)34(45)42(66)49-27(17-25-12-8-7-9-13-25)37(61)52-31(20-55)39(63)47-26(14-10-11-15-44)36(60)46-24(5)35(59)51-30(19-54)40(64)48-28(18-33(57)58)38(62)53-32(21-56)41(65)50-29(43(67)68)16-22(2)3/h7-9,12-13,22-24,26-32,34,54-56H,6,10-11,14-21,44-45H2,1-5H3,(H,46,60)(H,47,63)(H,48,64)(H,49,66)(H,50,65)(H,51,59)(H,52,61)(H,53,62)(H,57,58)(H,67,68)/t23-,24-,26-,27-,28-,29-,30-,31-,32-,34-/m0/s1. The zero-order chi connectivity index (χ0) is 51.7. The molecule has 0 bridgehead atoms. The lowest BCUT2D eigenvalue weighted by molar-refractivity contribution is -0.144. The van der Waals surface area contributed by atoms with Crippen LogP contribution in [-0.2, 0) is 54.4 Å². The van der Waals surface area contributed by atoms with Crippen LogP contribution in [-0.4, -0.2) is 165 Å². The van der Waals surface area contributed by atoms with Gasteiger partial charge in [0, 0.05) is 6.42 Å². The van der Waals surface area contributed by atoms with E-state index in [1.165, 1.54) is 6.92 Å². The summed E-state index contributed by atoms with van der Waals surface area (Å²) in [6.45, 7) is 5.29. The smallest absolute Gasteiger partial charge is 0.326 e. The van der Waals surface area contributed by atoms with Gasteiger partial charge in [-0.3, -0.25) is 43.2 Å². The quantitative estimate of drug-likeness (QED) is 0.0301. The molecule has 25 heteroatoms. The fraction of sp³-hybridized carbons (Fsp3) is 0.628. The molecule has 0 fully saturated rings. The van der Waals surface area contributed by atoms with Crippen LogP contribution in [0.25, 0.3) is 0 Å². The van der Waals surface area contributed by atoms with Crippen LogP contribution in [0.1, 0.15) is 78.7 Å². The third-order valence-electron chi connectivity index (χ3n) is 10.6. The Labute approximate surface area is 394 Å². The normalized spacial score (nSPS) is 15.5.